The molecule has 4 rings (SSSR count). The first-order chi connectivity index (χ1) is 13.8. The van der Waals surface area contributed by atoms with Crippen LogP contribution in [0.15, 0.2) is 33.3 Å². The highest BCUT2D eigenvalue weighted by atomic mass is 79.9. The number of pyridine rings is 1. The first-order valence-corrected chi connectivity index (χ1v) is 13.4. The summed E-state index contributed by atoms with van der Waals surface area (Å²) in [5.74, 6) is 0.742. The second kappa shape index (κ2) is 8.40. The summed E-state index contributed by atoms with van der Waals surface area (Å²) in [7, 11) is -3.12. The van der Waals surface area contributed by atoms with Gasteiger partial charge in [-0.15, -0.1) is 0 Å². The fraction of sp³-hybridized carbons (Fsp3) is 0.500. The maximum atomic E-state index is 12.3. The lowest BCUT2D eigenvalue weighted by molar-refractivity contribution is 0.255. The van der Waals surface area contributed by atoms with Crippen LogP contribution in [0.3, 0.4) is 0 Å². The molecule has 2 aromatic rings. The topological polar surface area (TPSA) is 50.3 Å². The number of piperidine rings is 1. The van der Waals surface area contributed by atoms with Crippen molar-refractivity contribution in [2.45, 2.75) is 45.4 Å². The molecule has 29 heavy (non-hydrogen) atoms. The summed E-state index contributed by atoms with van der Waals surface area (Å²) in [5, 5.41) is 0. The molecule has 1 atom stereocenters. The van der Waals surface area contributed by atoms with Crippen molar-refractivity contribution in [3.63, 3.8) is 0 Å². The van der Waals surface area contributed by atoms with E-state index in [-0.39, 0.29) is 11.7 Å². The van der Waals surface area contributed by atoms with Gasteiger partial charge in [0.2, 0.25) is 10.0 Å². The monoisotopic (exact) mass is 540 g/mol. The predicted octanol–water partition coefficient (Wildman–Crippen LogP) is 5.21. The summed E-state index contributed by atoms with van der Waals surface area (Å²) in [6.45, 7) is 5.06. The summed E-state index contributed by atoms with van der Waals surface area (Å²) in [6.07, 6.45) is 5.60. The molecular weight excluding hydrogens is 516 g/mol. The Bertz CT molecular complexity index is 1030. The summed E-state index contributed by atoms with van der Waals surface area (Å²) in [4.78, 5) is 4.88. The zero-order valence-corrected chi connectivity index (χ0v) is 20.8. The fourth-order valence-corrected chi connectivity index (χ4v) is 7.26. The Kier molecular flexibility index (Phi) is 6.22. The number of sulfonamides is 1. The molecule has 1 fully saturated rings. The van der Waals surface area contributed by atoms with Crippen LogP contribution in [0.4, 0.5) is 0 Å². The van der Waals surface area contributed by atoms with Crippen LogP contribution >= 0.6 is 31.9 Å². The van der Waals surface area contributed by atoms with Crippen LogP contribution in [-0.2, 0) is 22.9 Å². The van der Waals surface area contributed by atoms with Crippen molar-refractivity contribution in [2.24, 2.45) is 5.92 Å². The van der Waals surface area contributed by atoms with Crippen LogP contribution in [0.2, 0.25) is 0 Å². The molecule has 0 bridgehead atoms. The standard InChI is InChI=1S/C22H26Br2N2O2S/c1-3-29(27,28)26-8-6-15(7-9-26)21-20-16(10-14(2)11-19(20)24)4-5-17-12-18(23)13-25-22(17)21/h10-13,15,21H,3-9H2,1-2H3. The molecule has 1 aliphatic heterocycles. The second-order valence-corrected chi connectivity index (χ2v) is 12.2. The highest BCUT2D eigenvalue weighted by Gasteiger charge is 2.37. The first kappa shape index (κ1) is 21.5. The zero-order valence-electron chi connectivity index (χ0n) is 16.8. The summed E-state index contributed by atoms with van der Waals surface area (Å²) in [6, 6.07) is 6.72. The third-order valence-corrected chi connectivity index (χ3v) is 9.30. The van der Waals surface area contributed by atoms with Crippen molar-refractivity contribution >= 4 is 41.9 Å². The molecule has 0 spiro atoms. The van der Waals surface area contributed by atoms with E-state index in [9.17, 15) is 8.42 Å². The second-order valence-electron chi connectivity index (χ2n) is 8.13. The quantitative estimate of drug-likeness (QED) is 0.536. The number of aryl methyl sites for hydroxylation is 3. The predicted molar refractivity (Wildman–Crippen MR) is 124 cm³/mol. The zero-order chi connectivity index (χ0) is 20.8. The average molecular weight is 542 g/mol. The Labute approximate surface area is 190 Å². The Balaban J connectivity index is 1.76. The van der Waals surface area contributed by atoms with Gasteiger partial charge in [0.25, 0.3) is 0 Å². The van der Waals surface area contributed by atoms with Gasteiger partial charge in [-0.3, -0.25) is 4.98 Å². The third-order valence-electron chi connectivity index (χ3n) is 6.33. The van der Waals surface area contributed by atoms with E-state index in [4.69, 9.17) is 4.98 Å². The maximum absolute atomic E-state index is 12.3. The Morgan fingerprint density at radius 1 is 1.10 bits per heavy atom. The Morgan fingerprint density at radius 2 is 1.79 bits per heavy atom. The minimum Gasteiger partial charge on any atom is -0.259 e. The van der Waals surface area contributed by atoms with Crippen LogP contribution in [0, 0.1) is 12.8 Å². The number of rotatable bonds is 3. The van der Waals surface area contributed by atoms with E-state index in [0.717, 1.165) is 40.3 Å². The average Bonchev–Trinajstić information content (AvgIpc) is 2.85. The van der Waals surface area contributed by atoms with E-state index in [1.807, 2.05) is 6.20 Å². The molecule has 2 heterocycles. The van der Waals surface area contributed by atoms with E-state index in [1.54, 1.807) is 11.2 Å². The lowest BCUT2D eigenvalue weighted by Crippen LogP contribution is -2.40. The maximum Gasteiger partial charge on any atom is 0.213 e. The molecule has 1 aliphatic carbocycles. The number of fused-ring (bicyclic) bond motifs is 2. The number of aromatic nitrogens is 1. The van der Waals surface area contributed by atoms with Gasteiger partial charge >= 0.3 is 0 Å². The number of halogens is 2. The van der Waals surface area contributed by atoms with E-state index < -0.39 is 10.0 Å². The highest BCUT2D eigenvalue weighted by Crippen LogP contribution is 2.45. The fourth-order valence-electron chi connectivity index (χ4n) is 4.89. The first-order valence-electron chi connectivity index (χ1n) is 10.2. The van der Waals surface area contributed by atoms with Crippen LogP contribution in [0.25, 0.3) is 0 Å². The molecule has 156 valence electrons. The van der Waals surface area contributed by atoms with E-state index in [1.165, 1.54) is 22.3 Å². The number of benzene rings is 1. The number of hydrogen-bond donors (Lipinski definition) is 0. The molecule has 0 N–H and O–H groups in total. The van der Waals surface area contributed by atoms with E-state index in [2.05, 4.69) is 57.0 Å². The van der Waals surface area contributed by atoms with Crippen molar-refractivity contribution in [3.8, 4) is 0 Å². The molecule has 2 aliphatic rings. The van der Waals surface area contributed by atoms with Gasteiger partial charge in [-0.25, -0.2) is 12.7 Å². The smallest absolute Gasteiger partial charge is 0.213 e. The van der Waals surface area contributed by atoms with Gasteiger partial charge in [-0.1, -0.05) is 22.0 Å². The largest absolute Gasteiger partial charge is 0.259 e. The van der Waals surface area contributed by atoms with Gasteiger partial charge in [-0.2, -0.15) is 0 Å². The summed E-state index contributed by atoms with van der Waals surface area (Å²) in [5.41, 5.74) is 6.46. The molecular formula is C22H26Br2N2O2S. The van der Waals surface area contributed by atoms with Crippen molar-refractivity contribution in [1.29, 1.82) is 0 Å². The minimum atomic E-state index is -3.12. The molecule has 0 radical (unpaired) electrons. The SMILES string of the molecule is CCS(=O)(=O)N1CCC(C2c3ncc(Br)cc3CCc3cc(C)cc(Br)c32)CC1. The van der Waals surface area contributed by atoms with Gasteiger partial charge in [-0.05, 0) is 95.8 Å². The van der Waals surface area contributed by atoms with Gasteiger partial charge in [0.05, 0.1) is 11.4 Å². The summed E-state index contributed by atoms with van der Waals surface area (Å²) >= 11 is 7.44. The molecule has 1 saturated heterocycles. The minimum absolute atomic E-state index is 0.174. The van der Waals surface area contributed by atoms with Gasteiger partial charge in [0.1, 0.15) is 0 Å². The number of hydrogen-bond acceptors (Lipinski definition) is 3. The van der Waals surface area contributed by atoms with Crippen LogP contribution in [0.5, 0.6) is 0 Å². The molecule has 1 unspecified atom stereocenters. The van der Waals surface area contributed by atoms with Crippen molar-refractivity contribution in [2.75, 3.05) is 18.8 Å². The lowest BCUT2D eigenvalue weighted by atomic mass is 9.76. The van der Waals surface area contributed by atoms with Crippen LogP contribution in [0.1, 0.15) is 53.6 Å². The number of nitrogens with zero attached hydrogens (tertiary/aromatic N) is 2. The molecule has 1 aromatic carbocycles. The highest BCUT2D eigenvalue weighted by molar-refractivity contribution is 9.10. The van der Waals surface area contributed by atoms with Gasteiger partial charge in [0, 0.05) is 34.1 Å². The molecule has 0 amide bonds. The Hall–Kier alpha value is -0.760. The van der Waals surface area contributed by atoms with Crippen molar-refractivity contribution < 1.29 is 8.42 Å². The van der Waals surface area contributed by atoms with Gasteiger partial charge < -0.3 is 0 Å². The van der Waals surface area contributed by atoms with Gasteiger partial charge in [0.15, 0.2) is 0 Å². The van der Waals surface area contributed by atoms with Crippen LogP contribution in [-0.4, -0.2) is 36.5 Å². The normalized spacial score (nSPS) is 20.8. The molecule has 0 saturated carbocycles. The van der Waals surface area contributed by atoms with Crippen LogP contribution < -0.4 is 0 Å². The Morgan fingerprint density at radius 3 is 2.48 bits per heavy atom. The van der Waals surface area contributed by atoms with Crippen molar-refractivity contribution in [1.82, 2.24) is 9.29 Å². The lowest BCUT2D eigenvalue weighted by Gasteiger charge is -2.36. The molecule has 1 aromatic heterocycles. The third kappa shape index (κ3) is 4.21. The molecule has 7 heteroatoms. The van der Waals surface area contributed by atoms with E-state index >= 15 is 0 Å². The molecule has 4 nitrogen and oxygen atoms in total. The summed E-state index contributed by atoms with van der Waals surface area (Å²) < 4.78 is 28.5. The van der Waals surface area contributed by atoms with Crippen molar-refractivity contribution in [3.05, 3.63) is 61.3 Å². The van der Waals surface area contributed by atoms with E-state index in [0.29, 0.717) is 19.0 Å².